The molecule has 3 aromatic rings. The highest BCUT2D eigenvalue weighted by Gasteiger charge is 2.10. The van der Waals surface area contributed by atoms with Crippen molar-refractivity contribution in [3.05, 3.63) is 42.4 Å². The summed E-state index contributed by atoms with van der Waals surface area (Å²) in [4.78, 5) is 17.1. The van der Waals surface area contributed by atoms with Gasteiger partial charge in [-0.25, -0.2) is 4.98 Å². The molecule has 19 heavy (non-hydrogen) atoms. The number of rotatable bonds is 2. The van der Waals surface area contributed by atoms with Gasteiger partial charge in [0.15, 0.2) is 5.82 Å². The number of fused-ring (bicyclic) bond motifs is 1. The first-order valence-corrected chi connectivity index (χ1v) is 6.12. The van der Waals surface area contributed by atoms with E-state index in [2.05, 4.69) is 19.9 Å². The second kappa shape index (κ2) is 4.61. The molecule has 5 heteroatoms. The average Bonchev–Trinajstić information content (AvgIpc) is 2.46. The second-order valence-electron chi connectivity index (χ2n) is 4.17. The van der Waals surface area contributed by atoms with Gasteiger partial charge in [0.2, 0.25) is 5.95 Å². The summed E-state index contributed by atoms with van der Waals surface area (Å²) < 4.78 is 0. The van der Waals surface area contributed by atoms with Crippen molar-refractivity contribution in [2.75, 3.05) is 5.73 Å². The Bertz CT molecular complexity index is 733. The molecule has 0 bridgehead atoms. The van der Waals surface area contributed by atoms with Gasteiger partial charge in [0.1, 0.15) is 11.5 Å². The standard InChI is InChI=1S/C14H13N5/c1-2-11-17-13(19-14(15)18-11)12-10-6-4-3-5-9(10)7-8-16-12/h3-8H,2H2,1H3,(H2,15,17,18,19). The summed E-state index contributed by atoms with van der Waals surface area (Å²) in [6, 6.07) is 9.96. The molecule has 0 spiro atoms. The quantitative estimate of drug-likeness (QED) is 0.755. The largest absolute Gasteiger partial charge is 0.368 e. The van der Waals surface area contributed by atoms with E-state index < -0.39 is 0 Å². The van der Waals surface area contributed by atoms with Crippen LogP contribution in [0.1, 0.15) is 12.7 Å². The van der Waals surface area contributed by atoms with Crippen molar-refractivity contribution in [3.8, 4) is 11.5 Å². The normalized spacial score (nSPS) is 10.8. The minimum absolute atomic E-state index is 0.233. The molecule has 0 fully saturated rings. The Labute approximate surface area is 110 Å². The van der Waals surface area contributed by atoms with Gasteiger partial charge in [-0.1, -0.05) is 31.2 Å². The van der Waals surface area contributed by atoms with Gasteiger partial charge in [0, 0.05) is 18.0 Å². The molecule has 0 amide bonds. The van der Waals surface area contributed by atoms with E-state index in [1.165, 1.54) is 0 Å². The molecule has 94 valence electrons. The molecule has 0 aliphatic heterocycles. The molecular weight excluding hydrogens is 238 g/mol. The first-order chi connectivity index (χ1) is 9.28. The number of benzene rings is 1. The summed E-state index contributed by atoms with van der Waals surface area (Å²) in [5, 5.41) is 2.11. The Balaban J connectivity index is 2.27. The van der Waals surface area contributed by atoms with Gasteiger partial charge in [-0.05, 0) is 11.5 Å². The minimum atomic E-state index is 0.233. The van der Waals surface area contributed by atoms with Gasteiger partial charge in [0.05, 0.1) is 0 Å². The van der Waals surface area contributed by atoms with E-state index in [0.717, 1.165) is 16.5 Å². The first kappa shape index (κ1) is 11.5. The third kappa shape index (κ3) is 2.10. The lowest BCUT2D eigenvalue weighted by Gasteiger charge is -2.06. The minimum Gasteiger partial charge on any atom is -0.368 e. The molecule has 0 saturated heterocycles. The van der Waals surface area contributed by atoms with Gasteiger partial charge in [-0.2, -0.15) is 9.97 Å². The van der Waals surface area contributed by atoms with Crippen molar-refractivity contribution in [1.82, 2.24) is 19.9 Å². The first-order valence-electron chi connectivity index (χ1n) is 6.12. The number of hydrogen-bond acceptors (Lipinski definition) is 5. The van der Waals surface area contributed by atoms with E-state index in [4.69, 9.17) is 5.73 Å². The fraction of sp³-hybridized carbons (Fsp3) is 0.143. The summed E-state index contributed by atoms with van der Waals surface area (Å²) in [7, 11) is 0. The highest BCUT2D eigenvalue weighted by molar-refractivity contribution is 5.92. The third-order valence-corrected chi connectivity index (χ3v) is 2.90. The molecular formula is C14H13N5. The van der Waals surface area contributed by atoms with E-state index in [-0.39, 0.29) is 5.95 Å². The lowest BCUT2D eigenvalue weighted by atomic mass is 10.1. The fourth-order valence-corrected chi connectivity index (χ4v) is 2.00. The van der Waals surface area contributed by atoms with Crippen LogP contribution in [0.2, 0.25) is 0 Å². The number of aromatic nitrogens is 4. The summed E-state index contributed by atoms with van der Waals surface area (Å²) >= 11 is 0. The molecule has 2 N–H and O–H groups in total. The maximum atomic E-state index is 5.73. The van der Waals surface area contributed by atoms with E-state index >= 15 is 0 Å². The van der Waals surface area contributed by atoms with E-state index in [1.807, 2.05) is 37.3 Å². The van der Waals surface area contributed by atoms with Crippen molar-refractivity contribution in [3.63, 3.8) is 0 Å². The van der Waals surface area contributed by atoms with Crippen LogP contribution in [0.5, 0.6) is 0 Å². The zero-order chi connectivity index (χ0) is 13.2. The predicted octanol–water partition coefficient (Wildman–Crippen LogP) is 2.23. The molecule has 0 saturated carbocycles. The number of anilines is 1. The zero-order valence-corrected chi connectivity index (χ0v) is 10.5. The Morgan fingerprint density at radius 3 is 2.74 bits per heavy atom. The molecule has 1 aromatic carbocycles. The Hall–Kier alpha value is -2.56. The maximum absolute atomic E-state index is 5.73. The molecule has 3 rings (SSSR count). The molecule has 0 aliphatic rings. The van der Waals surface area contributed by atoms with E-state index in [9.17, 15) is 0 Å². The summed E-state index contributed by atoms with van der Waals surface area (Å²) in [5.41, 5.74) is 6.46. The number of hydrogen-bond donors (Lipinski definition) is 1. The van der Waals surface area contributed by atoms with E-state index in [1.54, 1.807) is 6.20 Å². The van der Waals surface area contributed by atoms with Crippen molar-refractivity contribution in [2.45, 2.75) is 13.3 Å². The molecule has 0 aliphatic carbocycles. The number of nitrogens with zero attached hydrogens (tertiary/aromatic N) is 4. The van der Waals surface area contributed by atoms with Crippen LogP contribution in [0.25, 0.3) is 22.3 Å². The van der Waals surface area contributed by atoms with Crippen LogP contribution >= 0.6 is 0 Å². The molecule has 2 heterocycles. The van der Waals surface area contributed by atoms with Gasteiger partial charge >= 0.3 is 0 Å². The van der Waals surface area contributed by atoms with Crippen LogP contribution in [0, 0.1) is 0 Å². The van der Waals surface area contributed by atoms with Crippen LogP contribution in [-0.4, -0.2) is 19.9 Å². The fourth-order valence-electron chi connectivity index (χ4n) is 2.00. The van der Waals surface area contributed by atoms with Gasteiger partial charge in [0.25, 0.3) is 0 Å². The number of nitrogen functional groups attached to an aromatic ring is 1. The Morgan fingerprint density at radius 1 is 1.05 bits per heavy atom. The van der Waals surface area contributed by atoms with Crippen molar-refractivity contribution in [1.29, 1.82) is 0 Å². The van der Waals surface area contributed by atoms with Crippen LogP contribution in [0.4, 0.5) is 5.95 Å². The van der Waals surface area contributed by atoms with Gasteiger partial charge in [-0.3, -0.25) is 4.98 Å². The molecule has 2 aromatic heterocycles. The van der Waals surface area contributed by atoms with Gasteiger partial charge < -0.3 is 5.73 Å². The monoisotopic (exact) mass is 251 g/mol. The van der Waals surface area contributed by atoms with E-state index in [0.29, 0.717) is 18.1 Å². The number of aryl methyl sites for hydroxylation is 1. The highest BCUT2D eigenvalue weighted by atomic mass is 15.1. The van der Waals surface area contributed by atoms with Crippen molar-refractivity contribution < 1.29 is 0 Å². The maximum Gasteiger partial charge on any atom is 0.223 e. The Kier molecular flexibility index (Phi) is 2.79. The predicted molar refractivity (Wildman–Crippen MR) is 74.4 cm³/mol. The lowest BCUT2D eigenvalue weighted by molar-refractivity contribution is 0.910. The van der Waals surface area contributed by atoms with Crippen molar-refractivity contribution in [2.24, 2.45) is 0 Å². The summed E-state index contributed by atoms with van der Waals surface area (Å²) in [5.74, 6) is 1.44. The number of nitrogens with two attached hydrogens (primary N) is 1. The highest BCUT2D eigenvalue weighted by Crippen LogP contribution is 2.23. The smallest absolute Gasteiger partial charge is 0.223 e. The van der Waals surface area contributed by atoms with Crippen LogP contribution in [0.15, 0.2) is 36.5 Å². The summed E-state index contributed by atoms with van der Waals surface area (Å²) in [6.07, 6.45) is 2.47. The summed E-state index contributed by atoms with van der Waals surface area (Å²) in [6.45, 7) is 1.98. The number of pyridine rings is 1. The van der Waals surface area contributed by atoms with Crippen LogP contribution < -0.4 is 5.73 Å². The molecule has 0 atom stereocenters. The Morgan fingerprint density at radius 2 is 1.89 bits per heavy atom. The van der Waals surface area contributed by atoms with Crippen LogP contribution in [-0.2, 0) is 6.42 Å². The van der Waals surface area contributed by atoms with Crippen molar-refractivity contribution >= 4 is 16.7 Å². The third-order valence-electron chi connectivity index (χ3n) is 2.90. The lowest BCUT2D eigenvalue weighted by Crippen LogP contribution is -2.05. The zero-order valence-electron chi connectivity index (χ0n) is 10.5. The van der Waals surface area contributed by atoms with Gasteiger partial charge in [-0.15, -0.1) is 0 Å². The second-order valence-corrected chi connectivity index (χ2v) is 4.17. The molecule has 0 unspecified atom stereocenters. The topological polar surface area (TPSA) is 77.6 Å². The molecule has 5 nitrogen and oxygen atoms in total. The van der Waals surface area contributed by atoms with Crippen LogP contribution in [0.3, 0.4) is 0 Å². The average molecular weight is 251 g/mol. The molecule has 0 radical (unpaired) electrons. The SMILES string of the molecule is CCc1nc(N)nc(-c2nccc3ccccc23)n1.